The van der Waals surface area contributed by atoms with Gasteiger partial charge in [-0.25, -0.2) is 4.98 Å². The highest BCUT2D eigenvalue weighted by Crippen LogP contribution is 2.23. The fourth-order valence-corrected chi connectivity index (χ4v) is 2.36. The topological polar surface area (TPSA) is 48.7 Å². The minimum Gasteiger partial charge on any atom is -0.378 e. The third kappa shape index (κ3) is 3.31. The summed E-state index contributed by atoms with van der Waals surface area (Å²) in [7, 11) is 0. The van der Waals surface area contributed by atoms with Gasteiger partial charge in [-0.2, -0.15) is 5.26 Å². The monoisotopic (exact) mass is 365 g/mol. The van der Waals surface area contributed by atoms with Gasteiger partial charge in [-0.15, -0.1) is 0 Å². The molecular formula is C13H9Br2N3. The number of halogens is 2. The van der Waals surface area contributed by atoms with E-state index >= 15 is 0 Å². The molecule has 1 heterocycles. The van der Waals surface area contributed by atoms with E-state index in [0.717, 1.165) is 20.5 Å². The first-order chi connectivity index (χ1) is 8.69. The van der Waals surface area contributed by atoms with Crippen LogP contribution < -0.4 is 5.32 Å². The maximum atomic E-state index is 8.78. The second-order valence-corrected chi connectivity index (χ2v) is 5.28. The summed E-state index contributed by atoms with van der Waals surface area (Å²) < 4.78 is 1.69. The van der Waals surface area contributed by atoms with Gasteiger partial charge in [0, 0.05) is 10.2 Å². The first kappa shape index (κ1) is 13.1. The van der Waals surface area contributed by atoms with Crippen molar-refractivity contribution < 1.29 is 0 Å². The molecule has 0 atom stereocenters. The van der Waals surface area contributed by atoms with E-state index in [-0.39, 0.29) is 0 Å². The Labute approximate surface area is 122 Å². The standard InChI is InChI=1S/C13H9Br2N3/c14-11-6-9(7-16)4-5-12(11)17-8-10-2-1-3-13(15)18-10/h1-6,17H,8H2. The van der Waals surface area contributed by atoms with Crippen LogP contribution in [0.3, 0.4) is 0 Å². The number of aromatic nitrogens is 1. The molecule has 0 amide bonds. The summed E-state index contributed by atoms with van der Waals surface area (Å²) in [6.45, 7) is 0.629. The molecule has 0 spiro atoms. The molecule has 2 aromatic rings. The third-order valence-corrected chi connectivity index (χ3v) is 3.43. The second-order valence-electron chi connectivity index (χ2n) is 3.61. The van der Waals surface area contributed by atoms with Crippen LogP contribution >= 0.6 is 31.9 Å². The van der Waals surface area contributed by atoms with E-state index < -0.39 is 0 Å². The lowest BCUT2D eigenvalue weighted by atomic mass is 10.2. The van der Waals surface area contributed by atoms with Gasteiger partial charge in [-0.1, -0.05) is 6.07 Å². The van der Waals surface area contributed by atoms with Gasteiger partial charge in [-0.3, -0.25) is 0 Å². The minimum atomic E-state index is 0.629. The Balaban J connectivity index is 2.09. The van der Waals surface area contributed by atoms with Crippen LogP contribution in [0.2, 0.25) is 0 Å². The molecule has 5 heteroatoms. The van der Waals surface area contributed by atoms with Crippen LogP contribution in [0.1, 0.15) is 11.3 Å². The average Bonchev–Trinajstić information content (AvgIpc) is 2.37. The number of nitriles is 1. The van der Waals surface area contributed by atoms with E-state index in [1.54, 1.807) is 12.1 Å². The van der Waals surface area contributed by atoms with Gasteiger partial charge in [0.05, 0.1) is 23.9 Å². The number of anilines is 1. The van der Waals surface area contributed by atoms with E-state index in [4.69, 9.17) is 5.26 Å². The molecule has 18 heavy (non-hydrogen) atoms. The molecule has 1 N–H and O–H groups in total. The molecule has 90 valence electrons. The van der Waals surface area contributed by atoms with Crippen molar-refractivity contribution in [2.24, 2.45) is 0 Å². The number of hydrogen-bond acceptors (Lipinski definition) is 3. The molecule has 3 nitrogen and oxygen atoms in total. The van der Waals surface area contributed by atoms with Crippen molar-refractivity contribution in [3.05, 3.63) is 56.7 Å². The van der Waals surface area contributed by atoms with Crippen molar-refractivity contribution >= 4 is 37.5 Å². The molecule has 0 aliphatic carbocycles. The van der Waals surface area contributed by atoms with Crippen LogP contribution in [0.4, 0.5) is 5.69 Å². The first-order valence-electron chi connectivity index (χ1n) is 5.24. The largest absolute Gasteiger partial charge is 0.378 e. The normalized spacial score (nSPS) is 9.83. The molecule has 1 aromatic carbocycles. The van der Waals surface area contributed by atoms with Gasteiger partial charge in [-0.05, 0) is 62.2 Å². The lowest BCUT2D eigenvalue weighted by molar-refractivity contribution is 1.03. The van der Waals surface area contributed by atoms with Crippen molar-refractivity contribution in [1.82, 2.24) is 4.98 Å². The Kier molecular flexibility index (Phi) is 4.34. The number of benzene rings is 1. The molecule has 0 bridgehead atoms. The van der Waals surface area contributed by atoms with Gasteiger partial charge in [0.15, 0.2) is 0 Å². The van der Waals surface area contributed by atoms with Crippen LogP contribution in [0.15, 0.2) is 45.5 Å². The van der Waals surface area contributed by atoms with E-state index in [1.165, 1.54) is 0 Å². The molecule has 0 unspecified atom stereocenters. The number of pyridine rings is 1. The predicted octanol–water partition coefficient (Wildman–Crippen LogP) is 4.09. The minimum absolute atomic E-state index is 0.629. The highest BCUT2D eigenvalue weighted by Gasteiger charge is 2.02. The summed E-state index contributed by atoms with van der Waals surface area (Å²) >= 11 is 6.77. The van der Waals surface area contributed by atoms with Crippen molar-refractivity contribution in [3.8, 4) is 6.07 Å². The summed E-state index contributed by atoms with van der Waals surface area (Å²) in [6.07, 6.45) is 0. The first-order valence-corrected chi connectivity index (χ1v) is 6.82. The van der Waals surface area contributed by atoms with E-state index in [0.29, 0.717) is 12.1 Å². The smallest absolute Gasteiger partial charge is 0.106 e. The second kappa shape index (κ2) is 5.98. The summed E-state index contributed by atoms with van der Waals surface area (Å²) in [5.41, 5.74) is 2.52. The molecule has 0 saturated heterocycles. The molecule has 0 saturated carbocycles. The number of rotatable bonds is 3. The lowest BCUT2D eigenvalue weighted by Crippen LogP contribution is -2.02. The summed E-state index contributed by atoms with van der Waals surface area (Å²) in [4.78, 5) is 4.34. The number of nitrogens with one attached hydrogen (secondary N) is 1. The van der Waals surface area contributed by atoms with Crippen LogP contribution in [0, 0.1) is 11.3 Å². The Bertz CT molecular complexity index is 605. The zero-order valence-corrected chi connectivity index (χ0v) is 12.5. The Morgan fingerprint density at radius 3 is 2.72 bits per heavy atom. The Hall–Kier alpha value is -1.38. The van der Waals surface area contributed by atoms with Crippen molar-refractivity contribution in [3.63, 3.8) is 0 Å². The molecule has 0 fully saturated rings. The van der Waals surface area contributed by atoms with Crippen molar-refractivity contribution in [2.75, 3.05) is 5.32 Å². The third-order valence-electron chi connectivity index (χ3n) is 2.33. The summed E-state index contributed by atoms with van der Waals surface area (Å²) in [5, 5.41) is 12.1. The van der Waals surface area contributed by atoms with Gasteiger partial charge in [0.25, 0.3) is 0 Å². The fraction of sp³-hybridized carbons (Fsp3) is 0.0769. The quantitative estimate of drug-likeness (QED) is 0.832. The lowest BCUT2D eigenvalue weighted by Gasteiger charge is -2.08. The molecule has 0 aliphatic heterocycles. The van der Waals surface area contributed by atoms with Crippen LogP contribution in [0.25, 0.3) is 0 Å². The van der Waals surface area contributed by atoms with E-state index in [9.17, 15) is 0 Å². The van der Waals surface area contributed by atoms with E-state index in [2.05, 4.69) is 48.2 Å². The van der Waals surface area contributed by atoms with Crippen LogP contribution in [0.5, 0.6) is 0 Å². The summed E-state index contributed by atoms with van der Waals surface area (Å²) in [6, 6.07) is 13.3. The molecular weight excluding hydrogens is 358 g/mol. The van der Waals surface area contributed by atoms with Gasteiger partial charge < -0.3 is 5.32 Å². The highest BCUT2D eigenvalue weighted by atomic mass is 79.9. The highest BCUT2D eigenvalue weighted by molar-refractivity contribution is 9.10. The Morgan fingerprint density at radius 1 is 1.22 bits per heavy atom. The van der Waals surface area contributed by atoms with Crippen LogP contribution in [-0.4, -0.2) is 4.98 Å². The average molecular weight is 367 g/mol. The zero-order chi connectivity index (χ0) is 13.0. The van der Waals surface area contributed by atoms with Gasteiger partial charge >= 0.3 is 0 Å². The van der Waals surface area contributed by atoms with Gasteiger partial charge in [0.2, 0.25) is 0 Å². The number of hydrogen-bond donors (Lipinski definition) is 1. The maximum Gasteiger partial charge on any atom is 0.106 e. The number of nitrogens with zero attached hydrogens (tertiary/aromatic N) is 2. The molecule has 0 radical (unpaired) electrons. The van der Waals surface area contributed by atoms with Crippen LogP contribution in [-0.2, 0) is 6.54 Å². The Morgan fingerprint density at radius 2 is 2.06 bits per heavy atom. The van der Waals surface area contributed by atoms with E-state index in [1.807, 2.05) is 24.3 Å². The maximum absolute atomic E-state index is 8.78. The molecule has 0 aliphatic rings. The SMILES string of the molecule is N#Cc1ccc(NCc2cccc(Br)n2)c(Br)c1. The summed E-state index contributed by atoms with van der Waals surface area (Å²) in [5.74, 6) is 0. The predicted molar refractivity (Wildman–Crippen MR) is 78.1 cm³/mol. The zero-order valence-electron chi connectivity index (χ0n) is 9.32. The van der Waals surface area contributed by atoms with Crippen molar-refractivity contribution in [1.29, 1.82) is 5.26 Å². The van der Waals surface area contributed by atoms with Crippen molar-refractivity contribution in [2.45, 2.75) is 6.54 Å². The molecule has 1 aromatic heterocycles. The molecule has 2 rings (SSSR count). The fourth-order valence-electron chi connectivity index (χ4n) is 1.46. The van der Waals surface area contributed by atoms with Gasteiger partial charge in [0.1, 0.15) is 4.60 Å².